The molecule has 0 bridgehead atoms. The zero-order chi connectivity index (χ0) is 15.6. The average molecular weight is 287 g/mol. The largest absolute Gasteiger partial charge is 0.386 e. The number of benzene rings is 3. The Morgan fingerprint density at radius 1 is 0.909 bits per heavy atom. The molecule has 108 valence electrons. The maximum atomic E-state index is 11.0. The summed E-state index contributed by atoms with van der Waals surface area (Å²) in [5.41, 5.74) is 0.606. The van der Waals surface area contributed by atoms with Crippen LogP contribution in [0.5, 0.6) is 0 Å². The van der Waals surface area contributed by atoms with E-state index in [4.69, 9.17) is 0 Å². The lowest BCUT2D eigenvalue weighted by Crippen LogP contribution is -2.28. The van der Waals surface area contributed by atoms with Gasteiger partial charge in [0.2, 0.25) is 0 Å². The van der Waals surface area contributed by atoms with Gasteiger partial charge in [-0.1, -0.05) is 72.8 Å². The van der Waals surface area contributed by atoms with Crippen molar-refractivity contribution < 1.29 is 5.11 Å². The van der Waals surface area contributed by atoms with Crippen LogP contribution in [0.25, 0.3) is 10.8 Å². The highest BCUT2D eigenvalue weighted by Gasteiger charge is 2.36. The van der Waals surface area contributed by atoms with Crippen molar-refractivity contribution in [1.82, 2.24) is 0 Å². The third kappa shape index (κ3) is 2.26. The molecular weight excluding hydrogens is 270 g/mol. The SMILES string of the molecule is C[C@](C#N)(c1ccccc1)[C@@H](O)c1cccc2ccccc12. The molecule has 2 heteroatoms. The Morgan fingerprint density at radius 3 is 2.27 bits per heavy atom. The number of aliphatic hydroxyl groups excluding tert-OH is 1. The van der Waals surface area contributed by atoms with Crippen LogP contribution in [0.3, 0.4) is 0 Å². The van der Waals surface area contributed by atoms with Crippen LogP contribution < -0.4 is 0 Å². The Kier molecular flexibility index (Phi) is 3.66. The molecular formula is C20H17NO. The molecule has 22 heavy (non-hydrogen) atoms. The number of hydrogen-bond acceptors (Lipinski definition) is 2. The molecule has 0 spiro atoms. The van der Waals surface area contributed by atoms with Gasteiger partial charge in [-0.05, 0) is 28.8 Å². The van der Waals surface area contributed by atoms with Gasteiger partial charge in [0.25, 0.3) is 0 Å². The molecule has 0 aliphatic heterocycles. The summed E-state index contributed by atoms with van der Waals surface area (Å²) >= 11 is 0. The number of rotatable bonds is 3. The minimum absolute atomic E-state index is 0.783. The van der Waals surface area contributed by atoms with Gasteiger partial charge in [-0.3, -0.25) is 0 Å². The van der Waals surface area contributed by atoms with Crippen molar-refractivity contribution in [3.05, 3.63) is 83.9 Å². The zero-order valence-electron chi connectivity index (χ0n) is 12.4. The number of hydrogen-bond donors (Lipinski definition) is 1. The van der Waals surface area contributed by atoms with Crippen molar-refractivity contribution in [2.75, 3.05) is 0 Å². The fourth-order valence-electron chi connectivity index (χ4n) is 2.87. The molecule has 0 unspecified atom stereocenters. The van der Waals surface area contributed by atoms with Crippen LogP contribution >= 0.6 is 0 Å². The highest BCUT2D eigenvalue weighted by Crippen LogP contribution is 2.39. The van der Waals surface area contributed by atoms with Gasteiger partial charge in [-0.25, -0.2) is 0 Å². The zero-order valence-corrected chi connectivity index (χ0v) is 12.4. The predicted molar refractivity (Wildman–Crippen MR) is 88.3 cm³/mol. The van der Waals surface area contributed by atoms with E-state index in [1.54, 1.807) is 6.92 Å². The normalized spacial score (nSPS) is 15.0. The van der Waals surface area contributed by atoms with E-state index in [0.29, 0.717) is 0 Å². The number of nitrogens with zero attached hydrogens (tertiary/aromatic N) is 1. The van der Waals surface area contributed by atoms with Crippen molar-refractivity contribution in [3.8, 4) is 6.07 Å². The monoisotopic (exact) mass is 287 g/mol. The van der Waals surface area contributed by atoms with Gasteiger partial charge in [-0.2, -0.15) is 5.26 Å². The second-order valence-electron chi connectivity index (χ2n) is 5.65. The van der Waals surface area contributed by atoms with Gasteiger partial charge in [0.1, 0.15) is 11.5 Å². The third-order valence-electron chi connectivity index (χ3n) is 4.27. The molecule has 0 aromatic heterocycles. The summed E-state index contributed by atoms with van der Waals surface area (Å²) in [6.45, 7) is 1.79. The molecule has 2 atom stereocenters. The van der Waals surface area contributed by atoms with E-state index in [9.17, 15) is 10.4 Å². The summed E-state index contributed by atoms with van der Waals surface area (Å²) in [4.78, 5) is 0. The minimum Gasteiger partial charge on any atom is -0.386 e. The van der Waals surface area contributed by atoms with Crippen LogP contribution in [0.15, 0.2) is 72.8 Å². The van der Waals surface area contributed by atoms with E-state index < -0.39 is 11.5 Å². The van der Waals surface area contributed by atoms with Crippen molar-refractivity contribution in [2.24, 2.45) is 0 Å². The van der Waals surface area contributed by atoms with Crippen molar-refractivity contribution in [2.45, 2.75) is 18.4 Å². The van der Waals surface area contributed by atoms with Crippen LogP contribution in [0.4, 0.5) is 0 Å². The van der Waals surface area contributed by atoms with Gasteiger partial charge in [0, 0.05) is 0 Å². The molecule has 0 aliphatic rings. The molecule has 3 rings (SSSR count). The number of fused-ring (bicyclic) bond motifs is 1. The predicted octanol–water partition coefficient (Wildman–Crippen LogP) is 4.35. The Labute approximate surface area is 130 Å². The molecule has 3 aromatic rings. The van der Waals surface area contributed by atoms with Crippen molar-refractivity contribution >= 4 is 10.8 Å². The maximum absolute atomic E-state index is 11.0. The highest BCUT2D eigenvalue weighted by molar-refractivity contribution is 5.86. The Bertz CT molecular complexity index is 830. The van der Waals surface area contributed by atoms with Crippen molar-refractivity contribution in [1.29, 1.82) is 5.26 Å². The van der Waals surface area contributed by atoms with Crippen LogP contribution in [0.1, 0.15) is 24.2 Å². The molecule has 2 nitrogen and oxygen atoms in total. The van der Waals surface area contributed by atoms with E-state index in [2.05, 4.69) is 6.07 Å². The molecule has 3 aromatic carbocycles. The summed E-state index contributed by atoms with van der Waals surface area (Å²) in [6.07, 6.45) is -0.897. The minimum atomic E-state index is -0.995. The lowest BCUT2D eigenvalue weighted by Gasteiger charge is -2.29. The second kappa shape index (κ2) is 5.63. The first kappa shape index (κ1) is 14.3. The van der Waals surface area contributed by atoms with Crippen molar-refractivity contribution in [3.63, 3.8) is 0 Å². The van der Waals surface area contributed by atoms with E-state index >= 15 is 0 Å². The van der Waals surface area contributed by atoms with Crippen LogP contribution in [0.2, 0.25) is 0 Å². The average Bonchev–Trinajstić information content (AvgIpc) is 2.60. The van der Waals surface area contributed by atoms with Gasteiger partial charge in [0.05, 0.1) is 6.07 Å². The molecule has 0 saturated heterocycles. The number of nitriles is 1. The summed E-state index contributed by atoms with van der Waals surface area (Å²) in [5, 5.41) is 22.7. The van der Waals surface area contributed by atoms with E-state index in [0.717, 1.165) is 21.9 Å². The second-order valence-corrected chi connectivity index (χ2v) is 5.65. The summed E-state index contributed by atoms with van der Waals surface area (Å²) in [6, 6.07) is 25.5. The van der Waals surface area contributed by atoms with Gasteiger partial charge in [-0.15, -0.1) is 0 Å². The molecule has 0 heterocycles. The number of aliphatic hydroxyl groups is 1. The van der Waals surface area contributed by atoms with E-state index in [-0.39, 0.29) is 0 Å². The Balaban J connectivity index is 2.16. The van der Waals surface area contributed by atoms with Crippen LogP contribution in [-0.4, -0.2) is 5.11 Å². The van der Waals surface area contributed by atoms with E-state index in [1.807, 2.05) is 72.8 Å². The first-order valence-corrected chi connectivity index (χ1v) is 7.29. The van der Waals surface area contributed by atoms with Gasteiger partial charge < -0.3 is 5.11 Å². The molecule has 0 saturated carbocycles. The Hall–Kier alpha value is -2.63. The summed E-state index contributed by atoms with van der Waals surface area (Å²) in [5.74, 6) is 0. The first-order chi connectivity index (χ1) is 10.7. The summed E-state index contributed by atoms with van der Waals surface area (Å²) in [7, 11) is 0. The molecule has 0 radical (unpaired) electrons. The van der Waals surface area contributed by atoms with Crippen LogP contribution in [-0.2, 0) is 5.41 Å². The molecule has 0 fully saturated rings. The molecule has 0 amide bonds. The quantitative estimate of drug-likeness (QED) is 0.778. The fraction of sp³-hybridized carbons (Fsp3) is 0.150. The lowest BCUT2D eigenvalue weighted by atomic mass is 9.75. The van der Waals surface area contributed by atoms with Crippen LogP contribution in [0, 0.1) is 11.3 Å². The lowest BCUT2D eigenvalue weighted by molar-refractivity contribution is 0.121. The standard InChI is InChI=1S/C20H17NO/c1-20(14-21,16-10-3-2-4-11-16)19(22)18-13-7-9-15-8-5-6-12-17(15)18/h2-13,19,22H,1H3/t19-,20-/m0/s1. The topological polar surface area (TPSA) is 44.0 Å². The first-order valence-electron chi connectivity index (χ1n) is 7.29. The van der Waals surface area contributed by atoms with Gasteiger partial charge in [0.15, 0.2) is 0 Å². The maximum Gasteiger partial charge on any atom is 0.109 e. The van der Waals surface area contributed by atoms with E-state index in [1.165, 1.54) is 0 Å². The Morgan fingerprint density at radius 2 is 1.55 bits per heavy atom. The molecule has 0 aliphatic carbocycles. The smallest absolute Gasteiger partial charge is 0.109 e. The van der Waals surface area contributed by atoms with Gasteiger partial charge >= 0.3 is 0 Å². The third-order valence-corrected chi connectivity index (χ3v) is 4.27. The fourth-order valence-corrected chi connectivity index (χ4v) is 2.87. The highest BCUT2D eigenvalue weighted by atomic mass is 16.3. The molecule has 1 N–H and O–H groups in total. The summed E-state index contributed by atoms with van der Waals surface area (Å²) < 4.78 is 0.